The molecule has 2 saturated heterocycles. The summed E-state index contributed by atoms with van der Waals surface area (Å²) in [5, 5.41) is 20.8. The molecule has 3 aromatic heterocycles. The number of hydrogen-bond donors (Lipinski definition) is 3. The van der Waals surface area contributed by atoms with Crippen LogP contribution in [0.4, 0.5) is 13.2 Å². The highest BCUT2D eigenvalue weighted by molar-refractivity contribution is 6.01. The molecule has 0 bridgehead atoms. The van der Waals surface area contributed by atoms with Crippen molar-refractivity contribution in [2.24, 2.45) is 0 Å². The maximum Gasteiger partial charge on any atom is 0.490 e. The van der Waals surface area contributed by atoms with Gasteiger partial charge >= 0.3 is 12.1 Å². The van der Waals surface area contributed by atoms with Gasteiger partial charge in [-0.25, -0.2) is 14.3 Å². The van der Waals surface area contributed by atoms with Crippen molar-refractivity contribution >= 4 is 29.2 Å². The highest BCUT2D eigenvalue weighted by Gasteiger charge is 2.38. The van der Waals surface area contributed by atoms with Gasteiger partial charge in [0.1, 0.15) is 6.33 Å². The fourth-order valence-electron chi connectivity index (χ4n) is 7.05. The Balaban J connectivity index is 0.000000743. The van der Waals surface area contributed by atoms with Gasteiger partial charge in [0.2, 0.25) is 17.7 Å². The molecule has 2 fully saturated rings. The molecule has 2 aromatic carbocycles. The van der Waals surface area contributed by atoms with Gasteiger partial charge in [0.05, 0.1) is 17.1 Å². The summed E-state index contributed by atoms with van der Waals surface area (Å²) in [6.07, 6.45) is 2.69. The highest BCUT2D eigenvalue weighted by Crippen LogP contribution is 2.32. The van der Waals surface area contributed by atoms with Crippen molar-refractivity contribution in [2.75, 3.05) is 19.6 Å². The zero-order valence-corrected chi connectivity index (χ0v) is 32.6. The van der Waals surface area contributed by atoms with E-state index in [2.05, 4.69) is 78.4 Å². The number of likely N-dealkylation sites (tertiary alicyclic amines) is 1. The second-order valence-corrected chi connectivity index (χ2v) is 15.6. The minimum absolute atomic E-state index is 0.0294. The molecule has 5 heterocycles. The quantitative estimate of drug-likeness (QED) is 0.151. The van der Waals surface area contributed by atoms with E-state index in [4.69, 9.17) is 14.4 Å². The number of halogens is 3. The molecule has 0 radical (unpaired) electrons. The molecular formula is C41H45F3N8O6. The molecule has 0 spiro atoms. The maximum absolute atomic E-state index is 12.7. The average molecular weight is 803 g/mol. The first-order valence-electron chi connectivity index (χ1n) is 19.0. The predicted molar refractivity (Wildman–Crippen MR) is 205 cm³/mol. The van der Waals surface area contributed by atoms with Crippen molar-refractivity contribution in [1.29, 1.82) is 0 Å². The molecular weight excluding hydrogens is 757 g/mol. The summed E-state index contributed by atoms with van der Waals surface area (Å²) in [6, 6.07) is 16.8. The number of carboxylic acids is 1. The number of aliphatic carboxylic acids is 1. The zero-order chi connectivity index (χ0) is 41.8. The number of carboxylic acid groups (broad SMARTS) is 1. The van der Waals surface area contributed by atoms with Crippen LogP contribution in [0.3, 0.4) is 0 Å². The molecule has 58 heavy (non-hydrogen) atoms. The highest BCUT2D eigenvalue weighted by atomic mass is 19.4. The Labute approximate surface area is 332 Å². The van der Waals surface area contributed by atoms with Crippen LogP contribution in [0.5, 0.6) is 0 Å². The summed E-state index contributed by atoms with van der Waals surface area (Å²) in [7, 11) is 0. The molecule has 2 aliphatic rings. The van der Waals surface area contributed by atoms with Gasteiger partial charge in [0, 0.05) is 36.7 Å². The van der Waals surface area contributed by atoms with Crippen LogP contribution < -0.4 is 10.6 Å². The zero-order valence-electron chi connectivity index (χ0n) is 32.6. The molecule has 0 saturated carbocycles. The number of fused-ring (bicyclic) bond motifs is 1. The number of carbonyl (C=O) groups is 4. The van der Waals surface area contributed by atoms with E-state index in [0.29, 0.717) is 31.2 Å². The summed E-state index contributed by atoms with van der Waals surface area (Å²) in [5.41, 5.74) is 8.02. The van der Waals surface area contributed by atoms with Crippen molar-refractivity contribution < 1.29 is 42.0 Å². The van der Waals surface area contributed by atoms with Crippen molar-refractivity contribution in [3.63, 3.8) is 0 Å². The van der Waals surface area contributed by atoms with E-state index in [0.717, 1.165) is 72.4 Å². The molecule has 1 atom stereocenters. The van der Waals surface area contributed by atoms with E-state index in [-0.39, 0.29) is 34.9 Å². The number of piperidine rings is 2. The van der Waals surface area contributed by atoms with Gasteiger partial charge in [-0.2, -0.15) is 23.3 Å². The molecule has 1 unspecified atom stereocenters. The van der Waals surface area contributed by atoms with Gasteiger partial charge in [-0.15, -0.1) is 0 Å². The number of aromatic nitrogens is 5. The second-order valence-electron chi connectivity index (χ2n) is 15.6. The fourth-order valence-corrected chi connectivity index (χ4v) is 7.05. The van der Waals surface area contributed by atoms with Crippen LogP contribution in [0.15, 0.2) is 65.6 Å². The van der Waals surface area contributed by atoms with Gasteiger partial charge in [-0.05, 0) is 91.6 Å². The van der Waals surface area contributed by atoms with E-state index in [9.17, 15) is 27.6 Å². The van der Waals surface area contributed by atoms with Crippen LogP contribution in [0, 0.1) is 6.92 Å². The third kappa shape index (κ3) is 10.1. The largest absolute Gasteiger partial charge is 0.490 e. The number of benzene rings is 2. The number of nitrogens with zero attached hydrogens (tertiary/aromatic N) is 6. The molecule has 3 amide bonds. The number of imide groups is 1. The minimum Gasteiger partial charge on any atom is -0.475 e. The number of alkyl halides is 3. The number of aryl methyl sites for hydroxylation is 1. The lowest BCUT2D eigenvalue weighted by Gasteiger charge is -2.32. The van der Waals surface area contributed by atoms with Crippen LogP contribution in [0.25, 0.3) is 16.8 Å². The Hall–Kier alpha value is -5.97. The molecule has 0 aliphatic carbocycles. The average Bonchev–Trinajstić information content (AvgIpc) is 3.85. The van der Waals surface area contributed by atoms with Crippen molar-refractivity contribution in [1.82, 2.24) is 40.3 Å². The van der Waals surface area contributed by atoms with Gasteiger partial charge in [0.25, 0.3) is 11.7 Å². The third-order valence-electron chi connectivity index (χ3n) is 10.4. The van der Waals surface area contributed by atoms with Crippen molar-refractivity contribution in [3.8, 4) is 11.3 Å². The Kier molecular flexibility index (Phi) is 12.4. The molecule has 14 nitrogen and oxygen atoms in total. The summed E-state index contributed by atoms with van der Waals surface area (Å²) in [6.45, 7) is 11.3. The summed E-state index contributed by atoms with van der Waals surface area (Å²) < 4.78 is 38.9. The Morgan fingerprint density at radius 3 is 2.31 bits per heavy atom. The lowest BCUT2D eigenvalue weighted by molar-refractivity contribution is -0.192. The Bertz CT molecular complexity index is 2290. The topological polar surface area (TPSA) is 185 Å². The standard InChI is InChI=1S/C39H44N8O4.C2HF3O2/c1-24-19-29(9-10-30(24)21-40-37(50)35-44-38(51-45-35)39(2,3)4)34-32-20-25(22-47(32)42-23-41-34)13-16-46-17-14-27(15-18-46)26-5-7-28(8-6-26)31-11-12-33(48)43-36(31)49;3-2(4,5)1(6)7/h5-10,19-20,22-23,27,31H,11-18,21H2,1-4H3,(H,40,50)(H,43,48,49);(H,6,7). The number of carbonyl (C=O) groups excluding carboxylic acids is 3. The van der Waals surface area contributed by atoms with E-state index < -0.39 is 12.1 Å². The van der Waals surface area contributed by atoms with Gasteiger partial charge in [0.15, 0.2) is 0 Å². The predicted octanol–water partition coefficient (Wildman–Crippen LogP) is 5.89. The summed E-state index contributed by atoms with van der Waals surface area (Å²) >= 11 is 0. The molecule has 17 heteroatoms. The first-order valence-corrected chi connectivity index (χ1v) is 19.0. The normalized spacial score (nSPS) is 16.8. The Morgan fingerprint density at radius 1 is 1.00 bits per heavy atom. The van der Waals surface area contributed by atoms with Gasteiger partial charge in [-0.3, -0.25) is 19.7 Å². The van der Waals surface area contributed by atoms with Crippen molar-refractivity contribution in [2.45, 2.75) is 89.8 Å². The smallest absolute Gasteiger partial charge is 0.475 e. The SMILES string of the molecule is Cc1cc(-c2ncnn3cc(CCN4CCC(c5ccc(C6CCC(=O)NC6=O)cc5)CC4)cc23)ccc1CNC(=O)c1noc(C(C)(C)C)n1.O=C(O)C(F)(F)F. The van der Waals surface area contributed by atoms with E-state index >= 15 is 0 Å². The number of amides is 3. The van der Waals surface area contributed by atoms with Crippen LogP contribution in [0.2, 0.25) is 0 Å². The minimum atomic E-state index is -5.08. The number of hydrogen-bond acceptors (Lipinski definition) is 10. The van der Waals surface area contributed by atoms with Crippen LogP contribution in [-0.2, 0) is 32.8 Å². The molecule has 2 aliphatic heterocycles. The van der Waals surface area contributed by atoms with E-state index in [1.165, 1.54) is 11.1 Å². The maximum atomic E-state index is 12.7. The van der Waals surface area contributed by atoms with Crippen LogP contribution in [-0.4, -0.2) is 84.2 Å². The monoisotopic (exact) mass is 802 g/mol. The first kappa shape index (κ1) is 41.7. The van der Waals surface area contributed by atoms with Crippen LogP contribution >= 0.6 is 0 Å². The molecule has 7 rings (SSSR count). The van der Waals surface area contributed by atoms with E-state index in [1.54, 1.807) is 6.33 Å². The first-order chi connectivity index (χ1) is 27.5. The Morgan fingerprint density at radius 2 is 1.69 bits per heavy atom. The van der Waals surface area contributed by atoms with E-state index in [1.807, 2.05) is 44.3 Å². The lowest BCUT2D eigenvalue weighted by Crippen LogP contribution is -2.39. The molecule has 3 N–H and O–H groups in total. The third-order valence-corrected chi connectivity index (χ3v) is 10.4. The van der Waals surface area contributed by atoms with Crippen molar-refractivity contribution in [3.05, 3.63) is 101 Å². The van der Waals surface area contributed by atoms with Gasteiger partial charge < -0.3 is 19.8 Å². The molecule has 5 aromatic rings. The van der Waals surface area contributed by atoms with Gasteiger partial charge in [-0.1, -0.05) is 62.3 Å². The number of rotatable bonds is 9. The number of nitrogens with one attached hydrogen (secondary N) is 2. The van der Waals surface area contributed by atoms with Crippen LogP contribution in [0.1, 0.15) is 103 Å². The molecule has 306 valence electrons. The summed E-state index contributed by atoms with van der Waals surface area (Å²) in [4.78, 5) is 56.8. The fraction of sp³-hybridized carbons (Fsp3) is 0.415. The summed E-state index contributed by atoms with van der Waals surface area (Å²) in [5.74, 6) is -2.78. The second kappa shape index (κ2) is 17.3. The lowest BCUT2D eigenvalue weighted by atomic mass is 9.86.